The Kier molecular flexibility index (Phi) is 6.25. The van der Waals surface area contributed by atoms with Gasteiger partial charge in [0.25, 0.3) is 0 Å². The second-order valence-electron chi connectivity index (χ2n) is 10.3. The van der Waals surface area contributed by atoms with Crippen LogP contribution in [0.25, 0.3) is 0 Å². The predicted octanol–water partition coefficient (Wildman–Crippen LogP) is 7.13. The van der Waals surface area contributed by atoms with E-state index in [9.17, 15) is 4.79 Å². The molecule has 2 heteroatoms. The van der Waals surface area contributed by atoms with Gasteiger partial charge in [0.1, 0.15) is 5.60 Å². The molecule has 1 aromatic rings. The molecule has 0 spiro atoms. The van der Waals surface area contributed by atoms with Gasteiger partial charge in [-0.05, 0) is 73.5 Å². The van der Waals surface area contributed by atoms with Crippen molar-refractivity contribution in [2.45, 2.75) is 98.5 Å². The highest BCUT2D eigenvalue weighted by Gasteiger charge is 2.34. The molecule has 0 amide bonds. The van der Waals surface area contributed by atoms with Gasteiger partial charge in [-0.2, -0.15) is 0 Å². The van der Waals surface area contributed by atoms with Crippen molar-refractivity contribution in [2.24, 2.45) is 10.8 Å². The molecule has 0 aromatic heterocycles. The number of rotatable bonds is 6. The van der Waals surface area contributed by atoms with E-state index in [0.717, 1.165) is 38.5 Å². The van der Waals surface area contributed by atoms with Crippen LogP contribution in [0.4, 0.5) is 0 Å². The van der Waals surface area contributed by atoms with Crippen LogP contribution in [-0.4, -0.2) is 11.6 Å². The first-order valence-corrected chi connectivity index (χ1v) is 10.3. The Morgan fingerprint density at radius 1 is 1.08 bits per heavy atom. The van der Waals surface area contributed by atoms with Crippen molar-refractivity contribution >= 4 is 5.97 Å². The summed E-state index contributed by atoms with van der Waals surface area (Å²) in [6.07, 6.45) is 6.54. The van der Waals surface area contributed by atoms with E-state index in [2.05, 4.69) is 60.6 Å². The number of hydrogen-bond donors (Lipinski definition) is 0. The van der Waals surface area contributed by atoms with Crippen molar-refractivity contribution in [1.29, 1.82) is 0 Å². The van der Waals surface area contributed by atoms with E-state index in [-0.39, 0.29) is 22.4 Å². The fourth-order valence-corrected chi connectivity index (χ4v) is 4.06. The highest BCUT2D eigenvalue weighted by molar-refractivity contribution is 5.89. The van der Waals surface area contributed by atoms with Crippen LogP contribution in [-0.2, 0) is 4.74 Å². The topological polar surface area (TPSA) is 26.3 Å². The second kappa shape index (κ2) is 7.74. The van der Waals surface area contributed by atoms with E-state index in [1.807, 2.05) is 12.1 Å². The van der Waals surface area contributed by atoms with E-state index < -0.39 is 0 Å². The molecule has 2 rings (SSSR count). The van der Waals surface area contributed by atoms with Crippen LogP contribution in [0.1, 0.15) is 109 Å². The number of carbonyl (C=O) groups is 1. The zero-order valence-corrected chi connectivity index (χ0v) is 17.9. The number of benzene rings is 1. The van der Waals surface area contributed by atoms with E-state index in [1.54, 1.807) is 0 Å². The van der Waals surface area contributed by atoms with Crippen molar-refractivity contribution < 1.29 is 9.53 Å². The maximum absolute atomic E-state index is 12.5. The van der Waals surface area contributed by atoms with Gasteiger partial charge in [0.15, 0.2) is 0 Å². The third-order valence-corrected chi connectivity index (χ3v) is 6.22. The fraction of sp³-hybridized carbons (Fsp3) is 0.708. The molecule has 0 bridgehead atoms. The van der Waals surface area contributed by atoms with Crippen molar-refractivity contribution in [3.05, 3.63) is 35.4 Å². The molecule has 0 aliphatic heterocycles. The number of esters is 1. The largest absolute Gasteiger partial charge is 0.456 e. The van der Waals surface area contributed by atoms with Gasteiger partial charge >= 0.3 is 5.97 Å². The number of hydrogen-bond acceptors (Lipinski definition) is 2. The van der Waals surface area contributed by atoms with Gasteiger partial charge in [-0.15, -0.1) is 0 Å². The molecule has 0 radical (unpaired) electrons. The Balaban J connectivity index is 2.18. The summed E-state index contributed by atoms with van der Waals surface area (Å²) >= 11 is 0. The molecule has 0 N–H and O–H groups in total. The predicted molar refractivity (Wildman–Crippen MR) is 110 cm³/mol. The molecule has 0 heterocycles. The molecule has 0 saturated heterocycles. The summed E-state index contributed by atoms with van der Waals surface area (Å²) in [4.78, 5) is 12.5. The first-order valence-electron chi connectivity index (χ1n) is 10.3. The Morgan fingerprint density at radius 3 is 2.08 bits per heavy atom. The van der Waals surface area contributed by atoms with Crippen LogP contribution in [0.15, 0.2) is 24.3 Å². The second-order valence-corrected chi connectivity index (χ2v) is 10.3. The van der Waals surface area contributed by atoms with Gasteiger partial charge in [-0.3, -0.25) is 0 Å². The van der Waals surface area contributed by atoms with Gasteiger partial charge in [0.05, 0.1) is 5.56 Å². The maximum Gasteiger partial charge on any atom is 0.338 e. The van der Waals surface area contributed by atoms with Gasteiger partial charge < -0.3 is 4.74 Å². The quantitative estimate of drug-likeness (QED) is 0.505. The summed E-state index contributed by atoms with van der Waals surface area (Å²) in [6, 6.07) is 8.19. The molecule has 1 aliphatic carbocycles. The van der Waals surface area contributed by atoms with Crippen LogP contribution in [0.3, 0.4) is 0 Å². The molecule has 1 aromatic carbocycles. The van der Waals surface area contributed by atoms with Crippen LogP contribution in [0.5, 0.6) is 0 Å². The van der Waals surface area contributed by atoms with E-state index in [0.29, 0.717) is 11.5 Å². The summed E-state index contributed by atoms with van der Waals surface area (Å²) in [5, 5.41) is 0. The van der Waals surface area contributed by atoms with Crippen LogP contribution < -0.4 is 0 Å². The number of ether oxygens (including phenoxy) is 1. The highest BCUT2D eigenvalue weighted by Crippen LogP contribution is 2.45. The molecule has 1 unspecified atom stereocenters. The summed E-state index contributed by atoms with van der Waals surface area (Å²) in [5.41, 5.74) is 2.23. The van der Waals surface area contributed by atoms with Crippen molar-refractivity contribution in [1.82, 2.24) is 0 Å². The van der Waals surface area contributed by atoms with Crippen LogP contribution in [0, 0.1) is 10.8 Å². The Bertz CT molecular complexity index is 598. The Hall–Kier alpha value is -1.31. The van der Waals surface area contributed by atoms with Gasteiger partial charge in [0, 0.05) is 0 Å². The molecular formula is C24H38O2. The molecule has 146 valence electrons. The lowest BCUT2D eigenvalue weighted by atomic mass is 9.67. The monoisotopic (exact) mass is 358 g/mol. The minimum atomic E-state index is -0.269. The summed E-state index contributed by atoms with van der Waals surface area (Å²) in [7, 11) is 0. The molecule has 2 nitrogen and oxygen atoms in total. The number of carbonyl (C=O) groups excluding carboxylic acids is 1. The summed E-state index contributed by atoms with van der Waals surface area (Å²) in [6.45, 7) is 16.0. The Labute approximate surface area is 160 Å². The lowest BCUT2D eigenvalue weighted by Gasteiger charge is -2.38. The molecule has 1 saturated carbocycles. The first kappa shape index (κ1) is 21.0. The van der Waals surface area contributed by atoms with Crippen molar-refractivity contribution in [3.8, 4) is 0 Å². The Morgan fingerprint density at radius 2 is 1.62 bits per heavy atom. The normalized spacial score (nSPS) is 18.6. The van der Waals surface area contributed by atoms with Crippen LogP contribution >= 0.6 is 0 Å². The lowest BCUT2D eigenvalue weighted by molar-refractivity contribution is -0.00609. The first-order chi connectivity index (χ1) is 12.0. The zero-order valence-electron chi connectivity index (χ0n) is 17.9. The molecule has 26 heavy (non-hydrogen) atoms. The molecule has 1 fully saturated rings. The smallest absolute Gasteiger partial charge is 0.338 e. The maximum atomic E-state index is 12.5. The average molecular weight is 359 g/mol. The summed E-state index contributed by atoms with van der Waals surface area (Å²) in [5.74, 6) is 0.299. The fourth-order valence-electron chi connectivity index (χ4n) is 4.06. The SMILES string of the molecule is CCC(C)(C)C(CC(C)(C)C)c1ccc(C(=O)OC2(C)CCCC2)cc1. The van der Waals surface area contributed by atoms with Crippen LogP contribution in [0.2, 0.25) is 0 Å². The third kappa shape index (κ3) is 5.34. The average Bonchev–Trinajstić information content (AvgIpc) is 2.98. The van der Waals surface area contributed by atoms with Crippen molar-refractivity contribution in [2.75, 3.05) is 0 Å². The minimum absolute atomic E-state index is 0.178. The lowest BCUT2D eigenvalue weighted by Crippen LogP contribution is -2.28. The molecule has 1 atom stereocenters. The third-order valence-electron chi connectivity index (χ3n) is 6.22. The van der Waals surface area contributed by atoms with Gasteiger partial charge in [0.2, 0.25) is 0 Å². The molecule has 1 aliphatic rings. The zero-order chi connectivity index (χ0) is 19.6. The van der Waals surface area contributed by atoms with Crippen molar-refractivity contribution in [3.63, 3.8) is 0 Å². The van der Waals surface area contributed by atoms with Gasteiger partial charge in [-0.1, -0.05) is 60.1 Å². The standard InChI is InChI=1S/C24H38O2/c1-8-23(5,6)20(17-22(2,3)4)18-11-13-19(14-12-18)21(25)26-24(7)15-9-10-16-24/h11-14,20H,8-10,15-17H2,1-7H3. The summed E-state index contributed by atoms with van der Waals surface area (Å²) < 4.78 is 5.82. The van der Waals surface area contributed by atoms with E-state index >= 15 is 0 Å². The van der Waals surface area contributed by atoms with Gasteiger partial charge in [-0.25, -0.2) is 4.79 Å². The molecular weight excluding hydrogens is 320 g/mol. The highest BCUT2D eigenvalue weighted by atomic mass is 16.6. The van der Waals surface area contributed by atoms with E-state index in [1.165, 1.54) is 5.56 Å². The van der Waals surface area contributed by atoms with E-state index in [4.69, 9.17) is 4.74 Å². The minimum Gasteiger partial charge on any atom is -0.456 e.